The average molecular weight is 360 g/mol. The summed E-state index contributed by atoms with van der Waals surface area (Å²) in [4.78, 5) is 0.00129. The van der Waals surface area contributed by atoms with Gasteiger partial charge in [0.2, 0.25) is 10.0 Å². The minimum absolute atomic E-state index is 0. The number of hydrogen-bond donors (Lipinski definition) is 2. The average Bonchev–Trinajstić information content (AvgIpc) is 2.80. The van der Waals surface area contributed by atoms with E-state index in [0.717, 1.165) is 25.7 Å². The van der Waals surface area contributed by atoms with Crippen molar-refractivity contribution >= 4 is 45.6 Å². The van der Waals surface area contributed by atoms with Gasteiger partial charge in [0, 0.05) is 17.1 Å². The third-order valence-electron chi connectivity index (χ3n) is 3.49. The number of hydrogen-bond acceptors (Lipinski definition) is 3. The molecule has 0 aromatic heterocycles. The van der Waals surface area contributed by atoms with Crippen LogP contribution in [0, 0.1) is 0 Å². The largest absolute Gasteiger partial charge is 0.329 e. The van der Waals surface area contributed by atoms with Gasteiger partial charge in [-0.25, -0.2) is 13.1 Å². The first-order chi connectivity index (χ1) is 8.88. The van der Waals surface area contributed by atoms with Crippen LogP contribution < -0.4 is 10.5 Å². The smallest absolute Gasteiger partial charge is 0.242 e. The maximum Gasteiger partial charge on any atom is 0.242 e. The zero-order valence-electron chi connectivity index (χ0n) is 10.7. The van der Waals surface area contributed by atoms with E-state index >= 15 is 0 Å². The van der Waals surface area contributed by atoms with Crippen molar-refractivity contribution in [3.8, 4) is 0 Å². The van der Waals surface area contributed by atoms with Gasteiger partial charge in [-0.05, 0) is 31.0 Å². The van der Waals surface area contributed by atoms with E-state index in [4.69, 9.17) is 28.9 Å². The minimum atomic E-state index is -3.71. The minimum Gasteiger partial charge on any atom is -0.329 e. The van der Waals surface area contributed by atoms with E-state index in [9.17, 15) is 8.42 Å². The molecular formula is C12H17Cl3N2O2S. The van der Waals surface area contributed by atoms with Crippen molar-refractivity contribution in [3.63, 3.8) is 0 Å². The Morgan fingerprint density at radius 3 is 2.40 bits per heavy atom. The lowest BCUT2D eigenvalue weighted by molar-refractivity contribution is 0.399. The first-order valence-corrected chi connectivity index (χ1v) is 8.32. The van der Waals surface area contributed by atoms with Crippen molar-refractivity contribution in [1.82, 2.24) is 4.72 Å². The van der Waals surface area contributed by atoms with E-state index in [1.54, 1.807) is 6.07 Å². The molecule has 4 nitrogen and oxygen atoms in total. The predicted octanol–water partition coefficient (Wildman–Crippen LogP) is 2.97. The molecule has 0 unspecified atom stereocenters. The first-order valence-electron chi connectivity index (χ1n) is 6.08. The third-order valence-corrected chi connectivity index (χ3v) is 5.78. The van der Waals surface area contributed by atoms with E-state index in [0.29, 0.717) is 5.02 Å². The second-order valence-electron chi connectivity index (χ2n) is 4.87. The van der Waals surface area contributed by atoms with Crippen LogP contribution in [-0.2, 0) is 10.0 Å². The molecule has 1 saturated carbocycles. The topological polar surface area (TPSA) is 72.2 Å². The van der Waals surface area contributed by atoms with Crippen LogP contribution in [0.15, 0.2) is 23.1 Å². The van der Waals surface area contributed by atoms with Crippen LogP contribution in [0.5, 0.6) is 0 Å². The van der Waals surface area contributed by atoms with Crippen LogP contribution in [0.3, 0.4) is 0 Å². The van der Waals surface area contributed by atoms with Gasteiger partial charge in [-0.15, -0.1) is 12.4 Å². The van der Waals surface area contributed by atoms with Crippen LogP contribution in [0.1, 0.15) is 25.7 Å². The number of nitrogens with one attached hydrogen (secondary N) is 1. The van der Waals surface area contributed by atoms with Crippen molar-refractivity contribution in [2.24, 2.45) is 5.73 Å². The summed E-state index contributed by atoms with van der Waals surface area (Å²) in [7, 11) is -3.71. The second-order valence-corrected chi connectivity index (χ2v) is 7.37. The fourth-order valence-electron chi connectivity index (χ4n) is 2.42. The van der Waals surface area contributed by atoms with Crippen molar-refractivity contribution in [1.29, 1.82) is 0 Å². The summed E-state index contributed by atoms with van der Waals surface area (Å²) < 4.78 is 27.5. The molecule has 2 rings (SSSR count). The highest BCUT2D eigenvalue weighted by Crippen LogP contribution is 2.32. The molecule has 1 aromatic carbocycles. The van der Waals surface area contributed by atoms with E-state index in [1.807, 2.05) is 0 Å². The third kappa shape index (κ3) is 3.78. The maximum atomic E-state index is 12.4. The maximum absolute atomic E-state index is 12.4. The molecule has 20 heavy (non-hydrogen) atoms. The van der Waals surface area contributed by atoms with Crippen molar-refractivity contribution < 1.29 is 8.42 Å². The molecule has 0 saturated heterocycles. The molecule has 0 radical (unpaired) electrons. The van der Waals surface area contributed by atoms with Gasteiger partial charge in [0.15, 0.2) is 0 Å². The SMILES string of the molecule is Cl.NCC1(NS(=O)(=O)c2cc(Cl)ccc2Cl)CCCC1. The zero-order valence-corrected chi connectivity index (χ0v) is 13.9. The Hall–Kier alpha value is -0.0400. The van der Waals surface area contributed by atoms with Gasteiger partial charge in [-0.1, -0.05) is 36.0 Å². The Kier molecular flexibility index (Phi) is 6.14. The van der Waals surface area contributed by atoms with Gasteiger partial charge in [0.05, 0.1) is 5.02 Å². The Labute approximate surface area is 135 Å². The van der Waals surface area contributed by atoms with Crippen LogP contribution >= 0.6 is 35.6 Å². The Morgan fingerprint density at radius 2 is 1.85 bits per heavy atom. The van der Waals surface area contributed by atoms with Crippen LogP contribution in [-0.4, -0.2) is 20.5 Å². The fourth-order valence-corrected chi connectivity index (χ4v) is 4.66. The Morgan fingerprint density at radius 1 is 1.25 bits per heavy atom. The summed E-state index contributed by atoms with van der Waals surface area (Å²) in [6.45, 7) is 0.282. The highest BCUT2D eigenvalue weighted by Gasteiger charge is 2.37. The molecule has 1 aromatic rings. The molecule has 0 amide bonds. The summed E-state index contributed by atoms with van der Waals surface area (Å²) in [6.07, 6.45) is 3.45. The van der Waals surface area contributed by atoms with Gasteiger partial charge in [-0.3, -0.25) is 0 Å². The molecule has 1 aliphatic rings. The highest BCUT2D eigenvalue weighted by atomic mass is 35.5. The first kappa shape index (κ1) is 18.0. The molecule has 0 spiro atoms. The van der Waals surface area contributed by atoms with Crippen molar-refractivity contribution in [3.05, 3.63) is 28.2 Å². The van der Waals surface area contributed by atoms with Crippen LogP contribution in [0.2, 0.25) is 10.0 Å². The van der Waals surface area contributed by atoms with Gasteiger partial charge in [0.1, 0.15) is 4.90 Å². The molecule has 114 valence electrons. The quantitative estimate of drug-likeness (QED) is 0.868. The fraction of sp³-hybridized carbons (Fsp3) is 0.500. The Balaban J connectivity index is 0.00000200. The molecular weight excluding hydrogens is 343 g/mol. The molecule has 1 fully saturated rings. The van der Waals surface area contributed by atoms with Gasteiger partial charge >= 0.3 is 0 Å². The summed E-state index contributed by atoms with van der Waals surface area (Å²) in [5.41, 5.74) is 5.18. The van der Waals surface area contributed by atoms with Crippen LogP contribution in [0.25, 0.3) is 0 Å². The lowest BCUT2D eigenvalue weighted by Gasteiger charge is -2.28. The second kappa shape index (κ2) is 6.81. The normalized spacial score (nSPS) is 17.8. The van der Waals surface area contributed by atoms with E-state index in [2.05, 4.69) is 4.72 Å². The molecule has 0 atom stereocenters. The van der Waals surface area contributed by atoms with Crippen molar-refractivity contribution in [2.75, 3.05) is 6.54 Å². The summed E-state index contributed by atoms with van der Waals surface area (Å²) in [5, 5.41) is 0.486. The highest BCUT2D eigenvalue weighted by molar-refractivity contribution is 7.89. The van der Waals surface area contributed by atoms with E-state index in [-0.39, 0.29) is 28.9 Å². The molecule has 8 heteroatoms. The number of halogens is 3. The lowest BCUT2D eigenvalue weighted by Crippen LogP contribution is -2.51. The van der Waals surface area contributed by atoms with Gasteiger partial charge < -0.3 is 5.73 Å². The molecule has 0 aliphatic heterocycles. The number of nitrogens with two attached hydrogens (primary N) is 1. The van der Waals surface area contributed by atoms with Crippen LogP contribution in [0.4, 0.5) is 0 Å². The molecule has 0 bridgehead atoms. The predicted molar refractivity (Wildman–Crippen MR) is 84.3 cm³/mol. The summed E-state index contributed by atoms with van der Waals surface area (Å²) in [5.74, 6) is 0. The molecule has 0 heterocycles. The number of sulfonamides is 1. The van der Waals surface area contributed by atoms with E-state index < -0.39 is 15.6 Å². The molecule has 3 N–H and O–H groups in total. The summed E-state index contributed by atoms with van der Waals surface area (Å²) in [6, 6.07) is 4.38. The van der Waals surface area contributed by atoms with E-state index in [1.165, 1.54) is 12.1 Å². The number of benzene rings is 1. The standard InChI is InChI=1S/C12H16Cl2N2O2S.ClH/c13-9-3-4-10(14)11(7-9)19(17,18)16-12(8-15)5-1-2-6-12;/h3-4,7,16H,1-2,5-6,8,15H2;1H. The Bertz CT molecular complexity index is 572. The summed E-state index contributed by atoms with van der Waals surface area (Å²) >= 11 is 11.8. The van der Waals surface area contributed by atoms with Gasteiger partial charge in [-0.2, -0.15) is 0 Å². The molecule has 1 aliphatic carbocycles. The monoisotopic (exact) mass is 358 g/mol. The number of rotatable bonds is 4. The zero-order chi connectivity index (χ0) is 14.1. The van der Waals surface area contributed by atoms with Crippen molar-refractivity contribution in [2.45, 2.75) is 36.1 Å². The lowest BCUT2D eigenvalue weighted by atomic mass is 10.0. The van der Waals surface area contributed by atoms with Gasteiger partial charge in [0.25, 0.3) is 0 Å².